The minimum absolute atomic E-state index is 0.0603. The van der Waals surface area contributed by atoms with Crippen LogP contribution < -0.4 is 19.3 Å². The molecular weight excluding hydrogens is 486 g/mol. The highest BCUT2D eigenvalue weighted by Crippen LogP contribution is 2.36. The van der Waals surface area contributed by atoms with Gasteiger partial charge >= 0.3 is 0 Å². The van der Waals surface area contributed by atoms with E-state index in [9.17, 15) is 14.7 Å². The molecule has 1 heterocycles. The second-order valence-electron chi connectivity index (χ2n) is 9.67. The number of aliphatic carboxylic acids is 1. The van der Waals surface area contributed by atoms with Crippen molar-refractivity contribution < 1.29 is 38.5 Å². The summed E-state index contributed by atoms with van der Waals surface area (Å²) in [7, 11) is 7.69. The maximum atomic E-state index is 13.5. The first-order chi connectivity index (χ1) is 18.1. The first-order valence-corrected chi connectivity index (χ1v) is 12.1. The van der Waals surface area contributed by atoms with Crippen LogP contribution in [0.3, 0.4) is 0 Å². The van der Waals surface area contributed by atoms with Gasteiger partial charge in [0, 0.05) is 23.1 Å². The van der Waals surface area contributed by atoms with Crippen molar-refractivity contribution in [1.29, 1.82) is 0 Å². The molecule has 3 aromatic carbocycles. The normalized spacial score (nSPS) is 12.7. The second-order valence-corrected chi connectivity index (χ2v) is 9.67. The highest BCUT2D eigenvalue weighted by molar-refractivity contribution is 6.25. The summed E-state index contributed by atoms with van der Waals surface area (Å²) in [6.07, 6.45) is 0.128. The number of nitrogens with zero attached hydrogens (tertiary/aromatic N) is 1. The molecule has 1 aliphatic heterocycles. The average Bonchev–Trinajstić information content (AvgIpc) is 3.36. The van der Waals surface area contributed by atoms with E-state index in [2.05, 4.69) is 21.1 Å². The Balaban J connectivity index is 0.000000505. The number of benzene rings is 3. The lowest BCUT2D eigenvalue weighted by atomic mass is 9.89. The molecule has 38 heavy (non-hydrogen) atoms. The molecule has 200 valence electrons. The first-order valence-electron chi connectivity index (χ1n) is 12.1. The number of carbonyl (C=O) groups is 2. The fourth-order valence-corrected chi connectivity index (χ4v) is 3.77. The number of carbonyl (C=O) groups excluding carboxylic acids is 2. The third-order valence-electron chi connectivity index (χ3n) is 5.79. The van der Waals surface area contributed by atoms with Gasteiger partial charge in [-0.05, 0) is 47.5 Å². The van der Waals surface area contributed by atoms with E-state index in [1.807, 2.05) is 30.3 Å². The summed E-state index contributed by atoms with van der Waals surface area (Å²) in [4.78, 5) is 25.7. The molecular formula is C30H33NO7. The maximum absolute atomic E-state index is 13.5. The summed E-state index contributed by atoms with van der Waals surface area (Å²) in [5.74, 6) is -0.296. The number of carboxylic acid groups (broad SMARTS) is 1. The van der Waals surface area contributed by atoms with E-state index >= 15 is 0 Å². The summed E-state index contributed by atoms with van der Waals surface area (Å²) in [5, 5.41) is 20.6. The van der Waals surface area contributed by atoms with Gasteiger partial charge in [0.2, 0.25) is 6.79 Å². The van der Waals surface area contributed by atoms with Crippen molar-refractivity contribution in [3.63, 3.8) is 0 Å². The molecule has 1 N–H and O–H groups in total. The molecule has 0 radical (unpaired) electrons. The number of aliphatic hydroxyl groups excluding tert-OH is 1. The number of carboxylic acids is 1. The molecule has 8 nitrogen and oxygen atoms in total. The smallest absolute Gasteiger partial charge is 0.231 e. The van der Waals surface area contributed by atoms with Gasteiger partial charge in [0.25, 0.3) is 0 Å². The van der Waals surface area contributed by atoms with Gasteiger partial charge in [-0.1, -0.05) is 36.4 Å². The van der Waals surface area contributed by atoms with E-state index in [1.165, 1.54) is 7.11 Å². The molecule has 0 bridgehead atoms. The zero-order valence-corrected chi connectivity index (χ0v) is 22.1. The Morgan fingerprint density at radius 1 is 0.921 bits per heavy atom. The minimum atomic E-state index is -1.44. The van der Waals surface area contributed by atoms with Gasteiger partial charge in [-0.25, -0.2) is 0 Å². The van der Waals surface area contributed by atoms with Crippen LogP contribution >= 0.6 is 0 Å². The Hall–Kier alpha value is -4.14. The molecule has 3 aromatic rings. The van der Waals surface area contributed by atoms with E-state index in [0.717, 1.165) is 16.6 Å². The number of quaternary nitrogens is 1. The lowest BCUT2D eigenvalue weighted by Gasteiger charge is -2.21. The quantitative estimate of drug-likeness (QED) is 0.263. The molecule has 0 saturated heterocycles. The molecule has 0 saturated carbocycles. The predicted octanol–water partition coefficient (Wildman–Crippen LogP) is 2.74. The first kappa shape index (κ1) is 28.4. The number of ether oxygens (including phenoxy) is 3. The van der Waals surface area contributed by atoms with E-state index in [0.29, 0.717) is 28.4 Å². The largest absolute Gasteiger partial charge is 0.545 e. The van der Waals surface area contributed by atoms with Crippen molar-refractivity contribution in [2.75, 3.05) is 48.2 Å². The van der Waals surface area contributed by atoms with Crippen LogP contribution in [0.4, 0.5) is 0 Å². The third-order valence-corrected chi connectivity index (χ3v) is 5.79. The number of methoxy groups -OCH3 is 1. The summed E-state index contributed by atoms with van der Waals surface area (Å²) < 4.78 is 16.7. The number of rotatable bonds is 9. The lowest BCUT2D eigenvalue weighted by molar-refractivity contribution is -0.870. The van der Waals surface area contributed by atoms with Gasteiger partial charge in [-0.15, -0.1) is 0 Å². The summed E-state index contributed by atoms with van der Waals surface area (Å²) in [6, 6.07) is 20.5. The van der Waals surface area contributed by atoms with Crippen molar-refractivity contribution in [3.8, 4) is 17.2 Å². The number of fused-ring (bicyclic) bond motifs is 1. The topological polar surface area (TPSA) is 105 Å². The number of allylic oxidation sites excluding steroid dienone is 1. The molecule has 0 aliphatic carbocycles. The van der Waals surface area contributed by atoms with Crippen LogP contribution in [0.1, 0.15) is 21.5 Å². The SMILES string of the molecule is COc1ccc(C(=O)/C(Cc2ccccc2)=C(\C(=O)[O-])c2ccc3c(c2)OCO3)cc1.C[N+](C)(C)CCO. The van der Waals surface area contributed by atoms with Crippen LogP contribution in [-0.2, 0) is 11.2 Å². The van der Waals surface area contributed by atoms with Crippen molar-refractivity contribution in [2.45, 2.75) is 6.42 Å². The number of likely N-dealkylation sites (N-methyl/N-ethyl adjacent to an activating group) is 1. The van der Waals surface area contributed by atoms with Crippen molar-refractivity contribution in [2.24, 2.45) is 0 Å². The van der Waals surface area contributed by atoms with Crippen molar-refractivity contribution in [1.82, 2.24) is 0 Å². The Kier molecular flexibility index (Phi) is 9.65. The third kappa shape index (κ3) is 7.68. The molecule has 0 unspecified atom stereocenters. The van der Waals surface area contributed by atoms with Gasteiger partial charge in [-0.2, -0.15) is 0 Å². The predicted molar refractivity (Wildman–Crippen MR) is 142 cm³/mol. The Morgan fingerprint density at radius 3 is 2.11 bits per heavy atom. The zero-order valence-electron chi connectivity index (χ0n) is 22.1. The highest BCUT2D eigenvalue weighted by Gasteiger charge is 2.22. The van der Waals surface area contributed by atoms with Crippen LogP contribution in [0.5, 0.6) is 17.2 Å². The standard InChI is InChI=1S/C25H20O6.C5H14NO/c1-29-19-10-7-17(8-11-19)24(26)20(13-16-5-3-2-4-6-16)23(25(27)28)18-9-12-21-22(14-18)31-15-30-21;1-6(2,3)4-5-7/h2-12,14H,13,15H2,1H3,(H,27,28);7H,4-5H2,1-3H3/q;+1/p-1/b23-20-;. The van der Waals surface area contributed by atoms with Crippen LogP contribution in [0.25, 0.3) is 5.57 Å². The molecule has 0 spiro atoms. The molecule has 8 heteroatoms. The molecule has 1 aliphatic rings. The van der Waals surface area contributed by atoms with E-state index in [-0.39, 0.29) is 31.0 Å². The Labute approximate surface area is 222 Å². The van der Waals surface area contributed by atoms with Gasteiger partial charge in [0.1, 0.15) is 12.3 Å². The van der Waals surface area contributed by atoms with Gasteiger partial charge in [0.15, 0.2) is 17.3 Å². The van der Waals surface area contributed by atoms with Crippen LogP contribution in [-0.4, -0.2) is 69.5 Å². The van der Waals surface area contributed by atoms with Crippen molar-refractivity contribution >= 4 is 17.3 Å². The Bertz CT molecular complexity index is 1280. The number of Topliss-reactive ketones (excluding diaryl/α,β-unsaturated/α-hetero) is 1. The van der Waals surface area contributed by atoms with E-state index < -0.39 is 11.8 Å². The van der Waals surface area contributed by atoms with Gasteiger partial charge < -0.3 is 33.7 Å². The van der Waals surface area contributed by atoms with Crippen LogP contribution in [0.15, 0.2) is 78.4 Å². The fraction of sp³-hybridized carbons (Fsp3) is 0.267. The lowest BCUT2D eigenvalue weighted by Crippen LogP contribution is -2.36. The average molecular weight is 520 g/mol. The Morgan fingerprint density at radius 2 is 1.55 bits per heavy atom. The number of ketones is 1. The molecule has 0 fully saturated rings. The molecule has 4 rings (SSSR count). The van der Waals surface area contributed by atoms with Gasteiger partial charge in [-0.3, -0.25) is 4.79 Å². The molecule has 0 atom stereocenters. The van der Waals surface area contributed by atoms with Crippen LogP contribution in [0.2, 0.25) is 0 Å². The van der Waals surface area contributed by atoms with Crippen LogP contribution in [0, 0.1) is 0 Å². The summed E-state index contributed by atoms with van der Waals surface area (Å²) in [6.45, 7) is 1.17. The second kappa shape index (κ2) is 12.9. The minimum Gasteiger partial charge on any atom is -0.545 e. The van der Waals surface area contributed by atoms with E-state index in [4.69, 9.17) is 19.3 Å². The van der Waals surface area contributed by atoms with Crippen molar-refractivity contribution in [3.05, 3.63) is 95.1 Å². The number of aliphatic hydroxyl groups is 1. The molecule has 0 aromatic heterocycles. The number of hydrogen-bond donors (Lipinski definition) is 1. The molecule has 0 amide bonds. The fourth-order valence-electron chi connectivity index (χ4n) is 3.77. The van der Waals surface area contributed by atoms with Gasteiger partial charge in [0.05, 0.1) is 40.8 Å². The maximum Gasteiger partial charge on any atom is 0.231 e. The summed E-state index contributed by atoms with van der Waals surface area (Å²) in [5.41, 5.74) is 1.42. The number of hydrogen-bond acceptors (Lipinski definition) is 7. The zero-order chi connectivity index (χ0) is 27.7. The highest BCUT2D eigenvalue weighted by atomic mass is 16.7. The summed E-state index contributed by atoms with van der Waals surface area (Å²) >= 11 is 0. The monoisotopic (exact) mass is 519 g/mol. The van der Waals surface area contributed by atoms with E-state index in [1.54, 1.807) is 42.5 Å².